The summed E-state index contributed by atoms with van der Waals surface area (Å²) in [5.74, 6) is 0.300. The zero-order chi connectivity index (χ0) is 20.8. The van der Waals surface area contributed by atoms with E-state index in [-0.39, 0.29) is 30.0 Å². The lowest BCUT2D eigenvalue weighted by molar-refractivity contribution is -0.384. The largest absolute Gasteiger partial charge is 0.492 e. The van der Waals surface area contributed by atoms with Gasteiger partial charge in [0.2, 0.25) is 0 Å². The number of non-ortho nitro benzene ring substituents is 1. The lowest BCUT2D eigenvalue weighted by Crippen LogP contribution is -2.32. The van der Waals surface area contributed by atoms with Crippen molar-refractivity contribution in [2.24, 2.45) is 0 Å². The Labute approximate surface area is 171 Å². The number of amides is 2. The number of allylic oxidation sites excluding steroid dienone is 2. The Balaban J connectivity index is 1.58. The molecule has 0 radical (unpaired) electrons. The molecular formula is C21H18N2O5S. The first kappa shape index (κ1) is 20.3. The molecular weight excluding hydrogens is 392 g/mol. The third-order valence-electron chi connectivity index (χ3n) is 4.10. The third-order valence-corrected chi connectivity index (χ3v) is 5.02. The normalized spacial score (nSPS) is 15.5. The van der Waals surface area contributed by atoms with Crippen molar-refractivity contribution in [2.75, 3.05) is 13.2 Å². The molecule has 1 fully saturated rings. The first-order valence-electron chi connectivity index (χ1n) is 8.80. The van der Waals surface area contributed by atoms with Crippen molar-refractivity contribution >= 4 is 34.7 Å². The Bertz CT molecular complexity index is 998. The van der Waals surface area contributed by atoms with Gasteiger partial charge in [0, 0.05) is 12.1 Å². The van der Waals surface area contributed by atoms with Crippen molar-refractivity contribution in [1.82, 2.24) is 4.90 Å². The quantitative estimate of drug-likeness (QED) is 0.377. The Hall–Kier alpha value is -3.39. The maximum Gasteiger partial charge on any atom is 0.293 e. The van der Waals surface area contributed by atoms with E-state index in [1.807, 2.05) is 31.2 Å². The highest BCUT2D eigenvalue weighted by atomic mass is 32.2. The van der Waals surface area contributed by atoms with Gasteiger partial charge in [0.25, 0.3) is 16.8 Å². The molecule has 2 amide bonds. The molecule has 0 bridgehead atoms. The van der Waals surface area contributed by atoms with Crippen LogP contribution in [0.3, 0.4) is 0 Å². The number of rotatable bonds is 7. The second-order valence-corrected chi connectivity index (χ2v) is 7.22. The van der Waals surface area contributed by atoms with Crippen LogP contribution in [0.4, 0.5) is 10.5 Å². The molecule has 2 aromatic rings. The van der Waals surface area contributed by atoms with Crippen molar-refractivity contribution in [2.45, 2.75) is 6.92 Å². The van der Waals surface area contributed by atoms with Crippen molar-refractivity contribution in [3.05, 3.63) is 86.8 Å². The lowest BCUT2D eigenvalue weighted by atomic mass is 10.2. The minimum Gasteiger partial charge on any atom is -0.492 e. The SMILES string of the molecule is Cc1ccc(OCCN2C(=O)S/C(=C\C=C\c3cccc([N+](=O)[O-])c3)C2=O)cc1. The van der Waals surface area contributed by atoms with Crippen LogP contribution in [0.2, 0.25) is 0 Å². The van der Waals surface area contributed by atoms with Crippen LogP contribution in [0.15, 0.2) is 65.6 Å². The zero-order valence-electron chi connectivity index (χ0n) is 15.6. The molecule has 0 aromatic heterocycles. The summed E-state index contributed by atoms with van der Waals surface area (Å²) in [6.07, 6.45) is 4.77. The fourth-order valence-corrected chi connectivity index (χ4v) is 3.40. The van der Waals surface area contributed by atoms with Crippen LogP contribution in [-0.4, -0.2) is 34.1 Å². The minimum atomic E-state index is -0.471. The summed E-state index contributed by atoms with van der Waals surface area (Å²) in [5, 5.41) is 10.5. The van der Waals surface area contributed by atoms with Crippen molar-refractivity contribution in [3.8, 4) is 5.75 Å². The molecule has 0 unspecified atom stereocenters. The fourth-order valence-electron chi connectivity index (χ4n) is 2.58. The standard InChI is InChI=1S/C21H18N2O5S/c1-15-8-10-18(11-9-15)28-13-12-22-20(24)19(29-21(22)25)7-3-5-16-4-2-6-17(14-16)23(26)27/h2-11,14H,12-13H2,1H3/b5-3+,19-7-. The molecule has 1 aliphatic rings. The molecule has 0 aliphatic carbocycles. The molecule has 0 atom stereocenters. The molecule has 1 heterocycles. The molecule has 0 spiro atoms. The number of thioether (sulfide) groups is 1. The Morgan fingerprint density at radius 2 is 1.93 bits per heavy atom. The number of aryl methyl sites for hydroxylation is 1. The van der Waals surface area contributed by atoms with Crippen LogP contribution in [-0.2, 0) is 4.79 Å². The number of nitro groups is 1. The van der Waals surface area contributed by atoms with Gasteiger partial charge in [-0.05, 0) is 42.5 Å². The van der Waals surface area contributed by atoms with Crippen LogP contribution in [0.5, 0.6) is 5.75 Å². The summed E-state index contributed by atoms with van der Waals surface area (Å²) in [6.45, 7) is 2.34. The first-order valence-corrected chi connectivity index (χ1v) is 9.61. The third kappa shape index (κ3) is 5.32. The van der Waals surface area contributed by atoms with Crippen LogP contribution in [0.25, 0.3) is 6.08 Å². The Morgan fingerprint density at radius 1 is 1.17 bits per heavy atom. The summed E-state index contributed by atoms with van der Waals surface area (Å²) in [6, 6.07) is 13.6. The van der Waals surface area contributed by atoms with Gasteiger partial charge in [-0.15, -0.1) is 0 Å². The number of benzene rings is 2. The zero-order valence-corrected chi connectivity index (χ0v) is 16.4. The number of hydrogen-bond acceptors (Lipinski definition) is 6. The van der Waals surface area contributed by atoms with Gasteiger partial charge in [-0.25, -0.2) is 0 Å². The van der Waals surface area contributed by atoms with Crippen LogP contribution in [0, 0.1) is 17.0 Å². The van der Waals surface area contributed by atoms with Crippen molar-refractivity contribution < 1.29 is 19.2 Å². The van der Waals surface area contributed by atoms with Gasteiger partial charge in [-0.1, -0.05) is 42.0 Å². The van der Waals surface area contributed by atoms with Gasteiger partial charge in [-0.2, -0.15) is 0 Å². The van der Waals surface area contributed by atoms with Crippen LogP contribution in [0.1, 0.15) is 11.1 Å². The molecule has 3 rings (SSSR count). The van der Waals surface area contributed by atoms with Crippen molar-refractivity contribution in [3.63, 3.8) is 0 Å². The maximum absolute atomic E-state index is 12.4. The fraction of sp³-hybridized carbons (Fsp3) is 0.143. The monoisotopic (exact) mass is 410 g/mol. The molecule has 1 aliphatic heterocycles. The van der Waals surface area contributed by atoms with E-state index >= 15 is 0 Å². The molecule has 0 saturated carbocycles. The number of carbonyl (C=O) groups is 2. The second-order valence-electron chi connectivity index (χ2n) is 6.23. The molecule has 0 N–H and O–H groups in total. The summed E-state index contributed by atoms with van der Waals surface area (Å²) >= 11 is 0.857. The highest BCUT2D eigenvalue weighted by Gasteiger charge is 2.34. The van der Waals surface area contributed by atoms with Gasteiger partial charge in [0.05, 0.1) is 16.4 Å². The molecule has 148 valence electrons. The number of imide groups is 1. The molecule has 8 heteroatoms. The molecule has 2 aromatic carbocycles. The number of carbonyl (C=O) groups excluding carboxylic acids is 2. The van der Waals surface area contributed by atoms with E-state index < -0.39 is 4.92 Å². The average molecular weight is 410 g/mol. The number of hydrogen-bond donors (Lipinski definition) is 0. The highest BCUT2D eigenvalue weighted by Crippen LogP contribution is 2.30. The first-order chi connectivity index (χ1) is 13.9. The van der Waals surface area contributed by atoms with Crippen LogP contribution < -0.4 is 4.74 Å². The van der Waals surface area contributed by atoms with E-state index in [2.05, 4.69) is 0 Å². The molecule has 1 saturated heterocycles. The highest BCUT2D eigenvalue weighted by molar-refractivity contribution is 8.18. The van der Waals surface area contributed by atoms with Crippen LogP contribution >= 0.6 is 11.8 Å². The summed E-state index contributed by atoms with van der Waals surface area (Å²) in [7, 11) is 0. The number of nitrogens with zero attached hydrogens (tertiary/aromatic N) is 2. The van der Waals surface area contributed by atoms with Gasteiger partial charge < -0.3 is 4.74 Å². The van der Waals surface area contributed by atoms with Gasteiger partial charge >= 0.3 is 0 Å². The van der Waals surface area contributed by atoms with E-state index in [1.165, 1.54) is 18.2 Å². The Morgan fingerprint density at radius 3 is 2.66 bits per heavy atom. The predicted octanol–water partition coefficient (Wildman–Crippen LogP) is 4.57. The van der Waals surface area contributed by atoms with E-state index in [0.29, 0.717) is 16.2 Å². The summed E-state index contributed by atoms with van der Waals surface area (Å²) in [5.41, 5.74) is 1.73. The number of nitro benzene ring substituents is 1. The predicted molar refractivity (Wildman–Crippen MR) is 112 cm³/mol. The van der Waals surface area contributed by atoms with E-state index in [4.69, 9.17) is 4.74 Å². The number of ether oxygens (including phenoxy) is 1. The van der Waals surface area contributed by atoms with Crippen molar-refractivity contribution in [1.29, 1.82) is 0 Å². The topological polar surface area (TPSA) is 89.8 Å². The lowest BCUT2D eigenvalue weighted by Gasteiger charge is -2.13. The minimum absolute atomic E-state index is 0.0129. The molecule has 29 heavy (non-hydrogen) atoms. The van der Waals surface area contributed by atoms with E-state index in [1.54, 1.807) is 24.3 Å². The smallest absolute Gasteiger partial charge is 0.293 e. The second kappa shape index (κ2) is 9.20. The van der Waals surface area contributed by atoms with E-state index in [9.17, 15) is 19.7 Å². The van der Waals surface area contributed by atoms with E-state index in [0.717, 1.165) is 22.2 Å². The maximum atomic E-state index is 12.4. The summed E-state index contributed by atoms with van der Waals surface area (Å²) in [4.78, 5) is 36.3. The summed E-state index contributed by atoms with van der Waals surface area (Å²) < 4.78 is 5.58. The van der Waals surface area contributed by atoms with Gasteiger partial charge in [-0.3, -0.25) is 24.6 Å². The van der Waals surface area contributed by atoms with Gasteiger partial charge in [0.15, 0.2) is 0 Å². The average Bonchev–Trinajstić information content (AvgIpc) is 2.97. The Kier molecular flexibility index (Phi) is 6.46. The molecule has 7 nitrogen and oxygen atoms in total. The van der Waals surface area contributed by atoms with Gasteiger partial charge in [0.1, 0.15) is 12.4 Å².